The zero-order chi connectivity index (χ0) is 14.7. The maximum atomic E-state index is 11.6. The second-order valence-electron chi connectivity index (χ2n) is 3.93. The van der Waals surface area contributed by atoms with E-state index in [1.165, 1.54) is 0 Å². The average molecular weight is 263 g/mol. The number of nitrogens with zero attached hydrogens (tertiary/aromatic N) is 1. The fourth-order valence-corrected chi connectivity index (χ4v) is 1.22. The molecule has 6 nitrogen and oxygen atoms in total. The summed E-state index contributed by atoms with van der Waals surface area (Å²) in [6.07, 6.45) is -0.00849. The molecule has 2 atom stereocenters. The number of hydrogen-bond acceptors (Lipinski definition) is 4. The van der Waals surface area contributed by atoms with E-state index in [1.54, 1.807) is 7.05 Å². The van der Waals surface area contributed by atoms with Gasteiger partial charge < -0.3 is 11.1 Å². The standard InChI is InChI=1S/C10H23N5O.C2H6.2H2/c1-5-7(16)8(6(2)3)14-10(12)15-9(11)13-4;1-2;;/h6,8-9,13H,5,11H2,1-4H3,(H3,12,14,15);1-2H3;2*1H/t8-,9?;;;/m0.../s1. The Kier molecular flexibility index (Phi) is 11.7. The molecule has 6 heteroatoms. The number of guanidine groups is 1. The molecule has 18 heavy (non-hydrogen) atoms. The molecule has 0 bridgehead atoms. The van der Waals surface area contributed by atoms with E-state index in [0.29, 0.717) is 6.42 Å². The van der Waals surface area contributed by atoms with Gasteiger partial charge in [0.2, 0.25) is 0 Å². The fourth-order valence-electron chi connectivity index (χ4n) is 1.22. The number of ketones is 1. The van der Waals surface area contributed by atoms with Crippen LogP contribution in [0.5, 0.6) is 0 Å². The Morgan fingerprint density at radius 3 is 2.22 bits per heavy atom. The summed E-state index contributed by atoms with van der Waals surface area (Å²) >= 11 is 0. The van der Waals surface area contributed by atoms with E-state index >= 15 is 0 Å². The minimum atomic E-state index is -0.465. The van der Waals surface area contributed by atoms with Gasteiger partial charge in [-0.15, -0.1) is 0 Å². The zero-order valence-corrected chi connectivity index (χ0v) is 12.4. The fraction of sp³-hybridized carbons (Fsp3) is 0.833. The minimum Gasteiger partial charge on any atom is -0.370 e. The van der Waals surface area contributed by atoms with Gasteiger partial charge in [0.1, 0.15) is 12.3 Å². The molecule has 0 fully saturated rings. The van der Waals surface area contributed by atoms with Crippen LogP contribution in [0.25, 0.3) is 0 Å². The lowest BCUT2D eigenvalue weighted by atomic mass is 9.99. The maximum absolute atomic E-state index is 11.6. The quantitative estimate of drug-likeness (QED) is 0.323. The van der Waals surface area contributed by atoms with Crippen LogP contribution >= 0.6 is 0 Å². The number of nitrogens with two attached hydrogens (primary N) is 2. The lowest BCUT2D eigenvalue weighted by Gasteiger charge is -2.18. The molecule has 0 aliphatic carbocycles. The highest BCUT2D eigenvalue weighted by molar-refractivity contribution is 5.88. The van der Waals surface area contributed by atoms with E-state index in [2.05, 4.69) is 15.6 Å². The highest BCUT2D eigenvalue weighted by Crippen LogP contribution is 2.09. The van der Waals surface area contributed by atoms with Gasteiger partial charge in [-0.3, -0.25) is 15.8 Å². The first-order valence-corrected chi connectivity index (χ1v) is 6.47. The molecule has 112 valence electrons. The summed E-state index contributed by atoms with van der Waals surface area (Å²) in [5.74, 6) is 0.388. The third kappa shape index (κ3) is 8.03. The number of rotatable bonds is 6. The van der Waals surface area contributed by atoms with Gasteiger partial charge in [-0.25, -0.2) is 4.99 Å². The molecule has 0 aromatic heterocycles. The molecule has 0 aromatic carbocycles. The monoisotopic (exact) mass is 263 g/mol. The van der Waals surface area contributed by atoms with Crippen molar-refractivity contribution < 1.29 is 7.65 Å². The lowest BCUT2D eigenvalue weighted by Crippen LogP contribution is -2.53. The number of hydrogen-bond donors (Lipinski definition) is 4. The molecule has 0 spiro atoms. The summed E-state index contributed by atoms with van der Waals surface area (Å²) in [5.41, 5.74) is 11.2. The highest BCUT2D eigenvalue weighted by Gasteiger charge is 2.20. The summed E-state index contributed by atoms with van der Waals surface area (Å²) in [5, 5.41) is 5.50. The minimum absolute atomic E-state index is 0. The van der Waals surface area contributed by atoms with Crippen molar-refractivity contribution in [2.45, 2.75) is 53.4 Å². The van der Waals surface area contributed by atoms with Crippen LogP contribution in [-0.4, -0.2) is 31.1 Å². The Labute approximate surface area is 114 Å². The Bertz CT molecular complexity index is 262. The van der Waals surface area contributed by atoms with Crippen LogP contribution in [0.15, 0.2) is 4.99 Å². The number of carbonyl (C=O) groups excluding carboxylic acids is 1. The zero-order valence-electron chi connectivity index (χ0n) is 12.4. The van der Waals surface area contributed by atoms with Crippen LogP contribution in [0.1, 0.15) is 43.9 Å². The molecule has 0 saturated heterocycles. The highest BCUT2D eigenvalue weighted by atomic mass is 16.1. The number of nitrogens with one attached hydrogen (secondary N) is 2. The maximum Gasteiger partial charge on any atom is 0.191 e. The van der Waals surface area contributed by atoms with E-state index < -0.39 is 12.3 Å². The van der Waals surface area contributed by atoms with E-state index in [1.807, 2.05) is 34.6 Å². The Morgan fingerprint density at radius 2 is 1.89 bits per heavy atom. The van der Waals surface area contributed by atoms with Crippen molar-refractivity contribution in [2.24, 2.45) is 22.4 Å². The van der Waals surface area contributed by atoms with Gasteiger partial charge in [0.15, 0.2) is 11.7 Å². The molecule has 6 N–H and O–H groups in total. The molecular weight excluding hydrogens is 230 g/mol. The third-order valence-corrected chi connectivity index (χ3v) is 2.20. The molecule has 0 rings (SSSR count). The first kappa shape index (κ1) is 19.2. The Balaban J connectivity index is -0.000000304. The summed E-state index contributed by atoms with van der Waals surface area (Å²) in [4.78, 5) is 15.8. The summed E-state index contributed by atoms with van der Waals surface area (Å²) in [7, 11) is 1.70. The van der Waals surface area contributed by atoms with Crippen LogP contribution in [-0.2, 0) is 4.79 Å². The van der Waals surface area contributed by atoms with E-state index in [9.17, 15) is 4.79 Å². The van der Waals surface area contributed by atoms with Crippen LogP contribution in [0.3, 0.4) is 0 Å². The van der Waals surface area contributed by atoms with Gasteiger partial charge in [-0.05, 0) is 13.0 Å². The van der Waals surface area contributed by atoms with Gasteiger partial charge in [-0.2, -0.15) is 0 Å². The topological polar surface area (TPSA) is 106 Å². The lowest BCUT2D eigenvalue weighted by molar-refractivity contribution is -0.120. The van der Waals surface area contributed by atoms with Crippen molar-refractivity contribution in [3.63, 3.8) is 0 Å². The number of Topliss-reactive ketones (excluding diaryl/α,β-unsaturated/α-hetero) is 1. The Hall–Kier alpha value is -1.14. The van der Waals surface area contributed by atoms with Crippen molar-refractivity contribution in [3.8, 4) is 0 Å². The molecule has 0 aromatic rings. The van der Waals surface area contributed by atoms with Gasteiger partial charge >= 0.3 is 0 Å². The van der Waals surface area contributed by atoms with E-state index in [0.717, 1.165) is 0 Å². The largest absolute Gasteiger partial charge is 0.370 e. The van der Waals surface area contributed by atoms with Crippen molar-refractivity contribution in [2.75, 3.05) is 7.05 Å². The number of carbonyl (C=O) groups is 1. The summed E-state index contributed by atoms with van der Waals surface area (Å²) < 4.78 is 0. The van der Waals surface area contributed by atoms with Gasteiger partial charge in [0.25, 0.3) is 0 Å². The summed E-state index contributed by atoms with van der Waals surface area (Å²) in [6, 6.07) is -0.401. The molecule has 0 amide bonds. The van der Waals surface area contributed by atoms with Crippen molar-refractivity contribution >= 4 is 11.7 Å². The molecule has 0 heterocycles. The second-order valence-corrected chi connectivity index (χ2v) is 3.93. The van der Waals surface area contributed by atoms with Gasteiger partial charge in [0.05, 0.1) is 0 Å². The first-order chi connectivity index (χ1) is 8.42. The first-order valence-electron chi connectivity index (χ1n) is 6.47. The van der Waals surface area contributed by atoms with Crippen molar-refractivity contribution in [1.29, 1.82) is 0 Å². The normalized spacial score (nSPS) is 14.6. The number of aliphatic imine (C=N–C) groups is 1. The van der Waals surface area contributed by atoms with Crippen LogP contribution in [0.4, 0.5) is 0 Å². The van der Waals surface area contributed by atoms with Crippen LogP contribution in [0, 0.1) is 5.92 Å². The summed E-state index contributed by atoms with van der Waals surface area (Å²) in [6.45, 7) is 9.69. The second kappa shape index (κ2) is 11.0. The molecule has 0 aliphatic rings. The third-order valence-electron chi connectivity index (χ3n) is 2.20. The molecular formula is C12H33N5O. The Morgan fingerprint density at radius 1 is 1.39 bits per heavy atom. The predicted octanol–water partition coefficient (Wildman–Crippen LogP) is 0.874. The molecule has 0 aliphatic heterocycles. The molecule has 0 radical (unpaired) electrons. The SMILES string of the molecule is CC.CCC(=O)[C@@H](N=C(N)NC(N)NC)C(C)C.[HH].[HH]. The smallest absolute Gasteiger partial charge is 0.191 e. The van der Waals surface area contributed by atoms with Gasteiger partial charge in [0, 0.05) is 9.27 Å². The van der Waals surface area contributed by atoms with Crippen molar-refractivity contribution in [1.82, 2.24) is 10.6 Å². The van der Waals surface area contributed by atoms with E-state index in [4.69, 9.17) is 11.5 Å². The van der Waals surface area contributed by atoms with E-state index in [-0.39, 0.29) is 20.5 Å². The van der Waals surface area contributed by atoms with Crippen molar-refractivity contribution in [3.05, 3.63) is 0 Å². The average Bonchev–Trinajstić information content (AvgIpc) is 2.36. The predicted molar refractivity (Wildman–Crippen MR) is 81.3 cm³/mol. The van der Waals surface area contributed by atoms with Crippen LogP contribution < -0.4 is 22.1 Å². The molecule has 0 saturated carbocycles. The van der Waals surface area contributed by atoms with Gasteiger partial charge in [-0.1, -0.05) is 34.6 Å². The molecule has 1 unspecified atom stereocenters. The van der Waals surface area contributed by atoms with Crippen LogP contribution in [0.2, 0.25) is 0 Å².